The fourth-order valence-corrected chi connectivity index (χ4v) is 5.90. The molecule has 2 aliphatic rings. The molecule has 2 aromatic heterocycles. The number of methoxy groups -OCH3 is 1. The van der Waals surface area contributed by atoms with E-state index in [1.165, 1.54) is 25.4 Å². The van der Waals surface area contributed by atoms with Crippen molar-refractivity contribution in [1.82, 2.24) is 19.5 Å². The van der Waals surface area contributed by atoms with Crippen LogP contribution >= 0.6 is 0 Å². The molecule has 0 aliphatic carbocycles. The highest BCUT2D eigenvalue weighted by molar-refractivity contribution is 6.08. The van der Waals surface area contributed by atoms with Gasteiger partial charge in [0.25, 0.3) is 5.91 Å². The number of fused-ring (bicyclic) bond motifs is 1. The van der Waals surface area contributed by atoms with Crippen LogP contribution in [0.2, 0.25) is 0 Å². The first-order valence-electron chi connectivity index (χ1n) is 13.5. The van der Waals surface area contributed by atoms with Crippen molar-refractivity contribution in [3.05, 3.63) is 59.9 Å². The van der Waals surface area contributed by atoms with Crippen molar-refractivity contribution in [1.29, 1.82) is 0 Å². The number of nitrogens with two attached hydrogens (primary N) is 1. The van der Waals surface area contributed by atoms with Crippen LogP contribution in [0, 0.1) is 12.7 Å². The Morgan fingerprint density at radius 1 is 1.23 bits per heavy atom. The van der Waals surface area contributed by atoms with Crippen molar-refractivity contribution >= 4 is 28.3 Å². The van der Waals surface area contributed by atoms with Crippen molar-refractivity contribution in [3.63, 3.8) is 0 Å². The first kappa shape index (κ1) is 26.1. The van der Waals surface area contributed by atoms with Gasteiger partial charge in [-0.15, -0.1) is 0 Å². The Kier molecular flexibility index (Phi) is 7.07. The third kappa shape index (κ3) is 4.54. The van der Waals surface area contributed by atoms with Crippen LogP contribution in [0.4, 0.5) is 15.8 Å². The first-order valence-corrected chi connectivity index (χ1v) is 13.5. The maximum atomic E-state index is 14.7. The van der Waals surface area contributed by atoms with Gasteiger partial charge in [0.05, 0.1) is 42.2 Å². The highest BCUT2D eigenvalue weighted by atomic mass is 19.1. The molecule has 0 bridgehead atoms. The predicted molar refractivity (Wildman–Crippen MR) is 150 cm³/mol. The molecule has 2 aromatic carbocycles. The molecule has 6 rings (SSSR count). The van der Waals surface area contributed by atoms with Crippen molar-refractivity contribution in [3.8, 4) is 17.1 Å². The molecule has 0 spiro atoms. The number of ether oxygens (including phenoxy) is 2. The Balaban J connectivity index is 1.41. The molecule has 2 atom stereocenters. The van der Waals surface area contributed by atoms with Gasteiger partial charge in [-0.05, 0) is 56.5 Å². The molecule has 2 unspecified atom stereocenters. The second-order valence-electron chi connectivity index (χ2n) is 10.1. The van der Waals surface area contributed by atoms with Gasteiger partial charge in [0.15, 0.2) is 5.82 Å². The molecule has 2 saturated heterocycles. The smallest absolute Gasteiger partial charge is 0.274 e. The molecular weight excluding hydrogens is 513 g/mol. The molecule has 4 heterocycles. The molecule has 1 amide bonds. The molecule has 40 heavy (non-hydrogen) atoms. The molecule has 0 radical (unpaired) electrons. The van der Waals surface area contributed by atoms with Crippen LogP contribution in [0.15, 0.2) is 42.6 Å². The van der Waals surface area contributed by atoms with Crippen LogP contribution in [-0.2, 0) is 4.74 Å². The molecule has 3 N–H and O–H groups in total. The van der Waals surface area contributed by atoms with E-state index >= 15 is 0 Å². The third-order valence-electron chi connectivity index (χ3n) is 7.77. The van der Waals surface area contributed by atoms with E-state index in [0.717, 1.165) is 55.0 Å². The number of aromatic nitrogens is 4. The Labute approximate surface area is 231 Å². The van der Waals surface area contributed by atoms with E-state index < -0.39 is 11.7 Å². The van der Waals surface area contributed by atoms with Crippen molar-refractivity contribution in [2.75, 3.05) is 43.6 Å². The number of aryl methyl sites for hydroxylation is 1. The topological polar surface area (TPSA) is 120 Å². The van der Waals surface area contributed by atoms with Crippen molar-refractivity contribution < 1.29 is 18.7 Å². The molecule has 11 heteroatoms. The quantitative estimate of drug-likeness (QED) is 0.356. The third-order valence-corrected chi connectivity index (χ3v) is 7.77. The van der Waals surface area contributed by atoms with E-state index in [9.17, 15) is 9.18 Å². The summed E-state index contributed by atoms with van der Waals surface area (Å²) in [5.41, 5.74) is 9.65. The van der Waals surface area contributed by atoms with Crippen LogP contribution < -0.4 is 20.7 Å². The van der Waals surface area contributed by atoms with Gasteiger partial charge in [0, 0.05) is 31.9 Å². The number of hydrogen-bond acceptors (Lipinski definition) is 8. The minimum Gasteiger partial charge on any atom is -0.496 e. The average Bonchev–Trinajstić information content (AvgIpc) is 3.72. The van der Waals surface area contributed by atoms with Crippen LogP contribution in [0.3, 0.4) is 0 Å². The van der Waals surface area contributed by atoms with E-state index in [2.05, 4.69) is 24.8 Å². The molecule has 0 saturated carbocycles. The van der Waals surface area contributed by atoms with Gasteiger partial charge in [0.2, 0.25) is 0 Å². The van der Waals surface area contributed by atoms with Gasteiger partial charge >= 0.3 is 0 Å². The first-order chi connectivity index (χ1) is 19.5. The maximum absolute atomic E-state index is 14.7. The summed E-state index contributed by atoms with van der Waals surface area (Å²) in [5, 5.41) is 3.05. The summed E-state index contributed by atoms with van der Waals surface area (Å²) in [6.45, 7) is 4.70. The van der Waals surface area contributed by atoms with Gasteiger partial charge < -0.3 is 30.0 Å². The summed E-state index contributed by atoms with van der Waals surface area (Å²) < 4.78 is 27.9. The lowest BCUT2D eigenvalue weighted by Crippen LogP contribution is -2.36. The SMILES string of the molecule is COc1cccc(F)c1-c1nccc(C(=O)Nc2ccc3c(nc(C)n3C3CCOC3)c2N2CCCC2CN)n1. The van der Waals surface area contributed by atoms with E-state index in [0.29, 0.717) is 18.8 Å². The molecule has 4 aromatic rings. The van der Waals surface area contributed by atoms with Crippen LogP contribution in [0.25, 0.3) is 22.4 Å². The Bertz CT molecular complexity index is 1570. The number of hydrogen-bond donors (Lipinski definition) is 2. The summed E-state index contributed by atoms with van der Waals surface area (Å²) in [5.74, 6) is 0.270. The fraction of sp³-hybridized carbons (Fsp3) is 0.379. The zero-order valence-corrected chi connectivity index (χ0v) is 22.6. The zero-order valence-electron chi connectivity index (χ0n) is 22.6. The van der Waals surface area contributed by atoms with Gasteiger partial charge in [-0.2, -0.15) is 0 Å². The molecular formula is C29H32FN7O3. The van der Waals surface area contributed by atoms with Crippen molar-refractivity contribution in [2.24, 2.45) is 5.73 Å². The summed E-state index contributed by atoms with van der Waals surface area (Å²) in [6, 6.07) is 10.2. The molecule has 10 nitrogen and oxygen atoms in total. The van der Waals surface area contributed by atoms with E-state index in [1.54, 1.807) is 12.1 Å². The van der Waals surface area contributed by atoms with E-state index in [1.807, 2.05) is 19.1 Å². The second-order valence-corrected chi connectivity index (χ2v) is 10.1. The fourth-order valence-electron chi connectivity index (χ4n) is 5.90. The standard InChI is InChI=1S/C29H32FN7O3/c1-17-33-26-23(37(17)19-11-14-40-16-19)9-8-21(27(26)36-13-4-5-18(36)15-31)35-29(38)22-10-12-32-28(34-22)25-20(30)6-3-7-24(25)39-2/h3,6-10,12,18-19H,4-5,11,13-16,31H2,1-2H3,(H,35,38). The maximum Gasteiger partial charge on any atom is 0.274 e. The van der Waals surface area contributed by atoms with Gasteiger partial charge in [-0.25, -0.2) is 19.3 Å². The van der Waals surface area contributed by atoms with E-state index in [-0.39, 0.29) is 34.9 Å². The molecule has 2 fully saturated rings. The Hall–Kier alpha value is -4.09. The largest absolute Gasteiger partial charge is 0.496 e. The minimum atomic E-state index is -0.537. The number of carbonyl (C=O) groups excluding carboxylic acids is 1. The number of benzene rings is 2. The van der Waals surface area contributed by atoms with Crippen LogP contribution in [-0.4, -0.2) is 64.9 Å². The number of amides is 1. The number of rotatable bonds is 7. The lowest BCUT2D eigenvalue weighted by Gasteiger charge is -2.28. The van der Waals surface area contributed by atoms with Gasteiger partial charge in [-0.1, -0.05) is 6.07 Å². The zero-order chi connectivity index (χ0) is 27.8. The number of nitrogens with zero attached hydrogens (tertiary/aromatic N) is 5. The summed E-state index contributed by atoms with van der Waals surface area (Å²) in [6.07, 6.45) is 4.34. The average molecular weight is 546 g/mol. The normalized spacial score (nSPS) is 18.9. The number of imidazole rings is 1. The van der Waals surface area contributed by atoms with E-state index in [4.69, 9.17) is 20.2 Å². The Morgan fingerprint density at radius 3 is 2.88 bits per heavy atom. The minimum absolute atomic E-state index is 0.0640. The summed E-state index contributed by atoms with van der Waals surface area (Å²) in [7, 11) is 1.45. The molecule has 2 aliphatic heterocycles. The molecule has 208 valence electrons. The van der Waals surface area contributed by atoms with Gasteiger partial charge in [0.1, 0.15) is 28.6 Å². The number of carbonyl (C=O) groups is 1. The van der Waals surface area contributed by atoms with Crippen LogP contribution in [0.5, 0.6) is 5.75 Å². The lowest BCUT2D eigenvalue weighted by atomic mass is 10.1. The highest BCUT2D eigenvalue weighted by Crippen LogP contribution is 2.40. The Morgan fingerprint density at radius 2 is 2.10 bits per heavy atom. The summed E-state index contributed by atoms with van der Waals surface area (Å²) in [4.78, 5) is 29.4. The lowest BCUT2D eigenvalue weighted by molar-refractivity contribution is 0.102. The summed E-state index contributed by atoms with van der Waals surface area (Å²) >= 11 is 0. The number of halogens is 1. The monoisotopic (exact) mass is 545 g/mol. The van der Waals surface area contributed by atoms with Crippen molar-refractivity contribution in [2.45, 2.75) is 38.3 Å². The predicted octanol–water partition coefficient (Wildman–Crippen LogP) is 4.09. The highest BCUT2D eigenvalue weighted by Gasteiger charge is 2.31. The number of nitrogens with one attached hydrogen (secondary N) is 1. The van der Waals surface area contributed by atoms with Gasteiger partial charge in [-0.3, -0.25) is 4.79 Å². The number of anilines is 2. The van der Waals surface area contributed by atoms with Crippen LogP contribution in [0.1, 0.15) is 41.6 Å². The second kappa shape index (κ2) is 10.8.